The molecule has 1 aromatic carbocycles. The van der Waals surface area contributed by atoms with Crippen molar-refractivity contribution in [2.24, 2.45) is 5.92 Å². The van der Waals surface area contributed by atoms with E-state index in [1.807, 2.05) is 6.92 Å². The Morgan fingerprint density at radius 3 is 2.52 bits per heavy atom. The Hall–Kier alpha value is -2.67. The second-order valence-corrected chi connectivity index (χ2v) is 8.07. The quantitative estimate of drug-likeness (QED) is 0.889. The molecule has 7 heteroatoms. The second kappa shape index (κ2) is 5.42. The molecule has 2 aliphatic rings. The van der Waals surface area contributed by atoms with E-state index in [1.165, 1.54) is 24.4 Å². The van der Waals surface area contributed by atoms with Crippen molar-refractivity contribution in [3.05, 3.63) is 65.1 Å². The van der Waals surface area contributed by atoms with Gasteiger partial charge in [-0.2, -0.15) is 0 Å². The highest BCUT2D eigenvalue weighted by molar-refractivity contribution is 7.90. The van der Waals surface area contributed by atoms with Crippen LogP contribution in [0.1, 0.15) is 34.2 Å². The number of aromatic nitrogens is 1. The summed E-state index contributed by atoms with van der Waals surface area (Å²) in [5.74, 6) is -0.748. The van der Waals surface area contributed by atoms with Crippen LogP contribution in [0.4, 0.5) is 0 Å². The molecule has 0 fully saturated rings. The fourth-order valence-electron chi connectivity index (χ4n) is 3.43. The molecule has 4 rings (SSSR count). The maximum Gasteiger partial charge on any atom is 0.268 e. The van der Waals surface area contributed by atoms with Gasteiger partial charge in [0.1, 0.15) is 5.69 Å². The van der Waals surface area contributed by atoms with Gasteiger partial charge in [0, 0.05) is 18.3 Å². The summed E-state index contributed by atoms with van der Waals surface area (Å²) in [7, 11) is -3.95. The molecule has 128 valence electrons. The van der Waals surface area contributed by atoms with Crippen LogP contribution in [0.25, 0.3) is 0 Å². The van der Waals surface area contributed by atoms with Gasteiger partial charge >= 0.3 is 0 Å². The first kappa shape index (κ1) is 15.8. The van der Waals surface area contributed by atoms with Crippen LogP contribution in [0.15, 0.2) is 58.8 Å². The van der Waals surface area contributed by atoms with E-state index >= 15 is 0 Å². The highest BCUT2D eigenvalue weighted by Crippen LogP contribution is 2.34. The highest BCUT2D eigenvalue weighted by Gasteiger charge is 2.40. The van der Waals surface area contributed by atoms with E-state index in [0.29, 0.717) is 12.1 Å². The van der Waals surface area contributed by atoms with Crippen molar-refractivity contribution in [3.8, 4) is 0 Å². The van der Waals surface area contributed by atoms with E-state index in [-0.39, 0.29) is 33.6 Å². The van der Waals surface area contributed by atoms with Gasteiger partial charge in [0.15, 0.2) is 5.78 Å². The average Bonchev–Trinajstić information content (AvgIpc) is 3.07. The summed E-state index contributed by atoms with van der Waals surface area (Å²) in [6.45, 7) is 2.49. The Balaban J connectivity index is 1.91. The molecule has 0 spiro atoms. The average molecular weight is 356 g/mol. The van der Waals surface area contributed by atoms with Gasteiger partial charge < -0.3 is 5.32 Å². The first-order chi connectivity index (χ1) is 11.9. The predicted octanol–water partition coefficient (Wildman–Crippen LogP) is 1.99. The molecule has 1 aliphatic heterocycles. The lowest BCUT2D eigenvalue weighted by Crippen LogP contribution is -2.38. The van der Waals surface area contributed by atoms with Crippen molar-refractivity contribution in [1.29, 1.82) is 0 Å². The van der Waals surface area contributed by atoms with Crippen LogP contribution in [0.3, 0.4) is 0 Å². The van der Waals surface area contributed by atoms with Crippen LogP contribution in [-0.2, 0) is 10.0 Å². The first-order valence-electron chi connectivity index (χ1n) is 8.02. The van der Waals surface area contributed by atoms with Crippen molar-refractivity contribution in [3.63, 3.8) is 0 Å². The van der Waals surface area contributed by atoms with Crippen molar-refractivity contribution in [1.82, 2.24) is 9.29 Å². The number of hydrogen-bond donors (Lipinski definition) is 1. The van der Waals surface area contributed by atoms with Gasteiger partial charge in [-0.1, -0.05) is 25.1 Å². The molecule has 2 aromatic rings. The van der Waals surface area contributed by atoms with E-state index in [4.69, 9.17) is 0 Å². The van der Waals surface area contributed by atoms with E-state index < -0.39 is 15.8 Å². The van der Waals surface area contributed by atoms with Gasteiger partial charge in [-0.3, -0.25) is 9.59 Å². The summed E-state index contributed by atoms with van der Waals surface area (Å²) in [5, 5.41) is 2.98. The third-order valence-corrected chi connectivity index (χ3v) is 6.41. The topological polar surface area (TPSA) is 85.2 Å². The van der Waals surface area contributed by atoms with Crippen LogP contribution in [0.5, 0.6) is 0 Å². The van der Waals surface area contributed by atoms with E-state index in [0.717, 1.165) is 10.4 Å². The number of rotatable bonds is 2. The Morgan fingerprint density at radius 1 is 1.08 bits per heavy atom. The number of allylic oxidation sites excluding steroid dienone is 2. The summed E-state index contributed by atoms with van der Waals surface area (Å²) in [6.07, 6.45) is 2.04. The molecule has 1 aliphatic carbocycles. The smallest absolute Gasteiger partial charge is 0.268 e. The van der Waals surface area contributed by atoms with Gasteiger partial charge in [0.2, 0.25) is 5.78 Å². The zero-order valence-corrected chi connectivity index (χ0v) is 14.3. The van der Waals surface area contributed by atoms with Crippen molar-refractivity contribution in [2.45, 2.75) is 18.2 Å². The molecule has 0 bridgehead atoms. The SMILES string of the molecule is CC1CCNC2=C1C(=O)c1ccn(S(=O)(=O)c3ccccc3)c1C2=O. The zero-order valence-electron chi connectivity index (χ0n) is 13.5. The van der Waals surface area contributed by atoms with Crippen LogP contribution in [-0.4, -0.2) is 30.5 Å². The largest absolute Gasteiger partial charge is 0.381 e. The summed E-state index contributed by atoms with van der Waals surface area (Å²) < 4.78 is 26.7. The minimum absolute atomic E-state index is 0.0325. The maximum atomic E-state index is 12.9. The zero-order chi connectivity index (χ0) is 17.8. The molecule has 6 nitrogen and oxygen atoms in total. The molecule has 2 heterocycles. The maximum absolute atomic E-state index is 12.9. The van der Waals surface area contributed by atoms with Crippen LogP contribution < -0.4 is 5.32 Å². The summed E-state index contributed by atoms with van der Waals surface area (Å²) in [4.78, 5) is 25.8. The monoisotopic (exact) mass is 356 g/mol. The number of hydrogen-bond acceptors (Lipinski definition) is 5. The lowest BCUT2D eigenvalue weighted by Gasteiger charge is -2.29. The molecular weight excluding hydrogens is 340 g/mol. The highest BCUT2D eigenvalue weighted by atomic mass is 32.2. The van der Waals surface area contributed by atoms with Crippen molar-refractivity contribution < 1.29 is 18.0 Å². The number of carbonyl (C=O) groups is 2. The van der Waals surface area contributed by atoms with E-state index in [1.54, 1.807) is 18.2 Å². The first-order valence-corrected chi connectivity index (χ1v) is 9.46. The Labute approximate surface area is 145 Å². The summed E-state index contributed by atoms with van der Waals surface area (Å²) in [5.41, 5.74) is 0.756. The standard InChI is InChI=1S/C18H16N2O4S/c1-11-7-9-19-15-14(11)17(21)13-8-10-20(16(13)18(15)22)25(23,24)12-5-3-2-4-6-12/h2-6,8,10-11,19H,7,9H2,1H3. The molecule has 0 saturated carbocycles. The minimum Gasteiger partial charge on any atom is -0.381 e. The van der Waals surface area contributed by atoms with Gasteiger partial charge in [-0.15, -0.1) is 0 Å². The van der Waals surface area contributed by atoms with E-state index in [9.17, 15) is 18.0 Å². The summed E-state index contributed by atoms with van der Waals surface area (Å²) >= 11 is 0. The lowest BCUT2D eigenvalue weighted by atomic mass is 9.81. The molecular formula is C18H16N2O4S. The molecule has 1 atom stereocenters. The van der Waals surface area contributed by atoms with E-state index in [2.05, 4.69) is 5.32 Å². The van der Waals surface area contributed by atoms with Crippen molar-refractivity contribution >= 4 is 21.6 Å². The fraction of sp³-hybridized carbons (Fsp3) is 0.222. The predicted molar refractivity (Wildman–Crippen MR) is 90.9 cm³/mol. The number of nitrogens with one attached hydrogen (secondary N) is 1. The Kier molecular flexibility index (Phi) is 3.43. The molecule has 25 heavy (non-hydrogen) atoms. The van der Waals surface area contributed by atoms with Gasteiger partial charge in [-0.05, 0) is 30.5 Å². The molecule has 0 radical (unpaired) electrons. The van der Waals surface area contributed by atoms with Gasteiger partial charge in [-0.25, -0.2) is 12.4 Å². The third-order valence-electron chi connectivity index (χ3n) is 4.72. The normalized spacial score (nSPS) is 20.1. The number of nitrogens with zero attached hydrogens (tertiary/aromatic N) is 1. The number of benzene rings is 1. The second-order valence-electron chi connectivity index (χ2n) is 6.26. The fourth-order valence-corrected chi connectivity index (χ4v) is 4.80. The molecule has 0 saturated heterocycles. The number of ketones is 2. The number of carbonyl (C=O) groups excluding carboxylic acids is 2. The molecule has 1 N–H and O–H groups in total. The van der Waals surface area contributed by atoms with Gasteiger partial charge in [0.05, 0.1) is 16.2 Å². The molecule has 1 aromatic heterocycles. The molecule has 1 unspecified atom stereocenters. The number of Topliss-reactive ketones (excluding diaryl/α,β-unsaturated/α-hetero) is 2. The van der Waals surface area contributed by atoms with Crippen LogP contribution >= 0.6 is 0 Å². The van der Waals surface area contributed by atoms with Crippen molar-refractivity contribution in [2.75, 3.05) is 6.54 Å². The third kappa shape index (κ3) is 2.19. The Morgan fingerprint density at radius 2 is 1.80 bits per heavy atom. The number of fused-ring (bicyclic) bond motifs is 1. The van der Waals surface area contributed by atoms with Crippen LogP contribution in [0, 0.1) is 5.92 Å². The molecule has 0 amide bonds. The minimum atomic E-state index is -3.95. The van der Waals surface area contributed by atoms with Crippen LogP contribution in [0.2, 0.25) is 0 Å². The van der Waals surface area contributed by atoms with Gasteiger partial charge in [0.25, 0.3) is 10.0 Å². The Bertz CT molecular complexity index is 1030. The summed E-state index contributed by atoms with van der Waals surface area (Å²) in [6, 6.07) is 9.27. The lowest BCUT2D eigenvalue weighted by molar-refractivity contribution is 0.0950.